The summed E-state index contributed by atoms with van der Waals surface area (Å²) in [5.41, 5.74) is 0.482. The molecule has 6 nitrogen and oxygen atoms in total. The van der Waals surface area contributed by atoms with Crippen LogP contribution < -0.4 is 9.46 Å². The Morgan fingerprint density at radius 1 is 1.29 bits per heavy atom. The fraction of sp³-hybridized carbons (Fsp3) is 0.357. The molecule has 0 aliphatic heterocycles. The first kappa shape index (κ1) is 15.4. The molecule has 0 unspecified atom stereocenters. The zero-order valence-corrected chi connectivity index (χ0v) is 13.1. The number of nitrogens with zero attached hydrogens (tertiary/aromatic N) is 2. The molecule has 7 heteroatoms. The van der Waals surface area contributed by atoms with Gasteiger partial charge >= 0.3 is 0 Å². The van der Waals surface area contributed by atoms with Crippen LogP contribution in [0.15, 0.2) is 41.6 Å². The molecule has 0 radical (unpaired) electrons. The molecule has 0 saturated heterocycles. The van der Waals surface area contributed by atoms with Crippen LogP contribution in [0.4, 0.5) is 5.69 Å². The molecule has 1 heterocycles. The monoisotopic (exact) mass is 309 g/mol. The number of hydrogen-bond donors (Lipinski definition) is 1. The Kier molecular flexibility index (Phi) is 4.52. The average molecular weight is 309 g/mol. The van der Waals surface area contributed by atoms with E-state index in [1.165, 1.54) is 12.4 Å². The summed E-state index contributed by atoms with van der Waals surface area (Å²) in [6, 6.07) is 6.88. The van der Waals surface area contributed by atoms with Gasteiger partial charge in [-0.3, -0.25) is 9.40 Å². The summed E-state index contributed by atoms with van der Waals surface area (Å²) < 4.78 is 33.9. The Bertz CT molecular complexity index is 691. The molecule has 2 rings (SSSR count). The van der Waals surface area contributed by atoms with Crippen molar-refractivity contribution in [1.29, 1.82) is 0 Å². The molecule has 1 N–H and O–H groups in total. The number of ether oxygens (including phenoxy) is 1. The number of benzene rings is 1. The lowest BCUT2D eigenvalue weighted by atomic mass is 10.3. The molecule has 1 aromatic carbocycles. The van der Waals surface area contributed by atoms with Gasteiger partial charge in [-0.15, -0.1) is 0 Å². The van der Waals surface area contributed by atoms with E-state index in [1.54, 1.807) is 28.9 Å². The van der Waals surface area contributed by atoms with Crippen molar-refractivity contribution in [1.82, 2.24) is 9.78 Å². The molecule has 0 amide bonds. The van der Waals surface area contributed by atoms with Crippen LogP contribution in [-0.2, 0) is 10.0 Å². The summed E-state index contributed by atoms with van der Waals surface area (Å²) in [4.78, 5) is 0.144. The summed E-state index contributed by atoms with van der Waals surface area (Å²) in [6.07, 6.45) is 2.86. The summed E-state index contributed by atoms with van der Waals surface area (Å²) in [7, 11) is -3.63. The summed E-state index contributed by atoms with van der Waals surface area (Å²) in [6.45, 7) is 6.33. The predicted octanol–water partition coefficient (Wildman–Crippen LogP) is 2.66. The Morgan fingerprint density at radius 3 is 2.48 bits per heavy atom. The second-order valence-electron chi connectivity index (χ2n) is 4.81. The number of hydrogen-bond acceptors (Lipinski definition) is 4. The lowest BCUT2D eigenvalue weighted by Gasteiger charge is -2.08. The van der Waals surface area contributed by atoms with Gasteiger partial charge in [-0.2, -0.15) is 5.10 Å². The van der Waals surface area contributed by atoms with Crippen molar-refractivity contribution in [3.63, 3.8) is 0 Å². The zero-order valence-electron chi connectivity index (χ0n) is 12.3. The smallest absolute Gasteiger partial charge is 0.265 e. The number of nitrogens with one attached hydrogen (secondary N) is 1. The van der Waals surface area contributed by atoms with Gasteiger partial charge in [0.2, 0.25) is 0 Å². The SMILES string of the molecule is CCOc1ccc(NS(=O)(=O)c2cnn(C(C)C)c2)cc1. The minimum Gasteiger partial charge on any atom is -0.494 e. The highest BCUT2D eigenvalue weighted by molar-refractivity contribution is 7.92. The van der Waals surface area contributed by atoms with E-state index in [2.05, 4.69) is 9.82 Å². The maximum absolute atomic E-state index is 12.3. The first-order valence-corrected chi connectivity index (χ1v) is 8.20. The van der Waals surface area contributed by atoms with Crippen LogP contribution in [0.25, 0.3) is 0 Å². The van der Waals surface area contributed by atoms with Gasteiger partial charge in [0, 0.05) is 17.9 Å². The Hall–Kier alpha value is -2.02. The molecule has 0 aliphatic rings. The molecule has 0 bridgehead atoms. The third-order valence-electron chi connectivity index (χ3n) is 2.83. The summed E-state index contributed by atoms with van der Waals surface area (Å²) in [5, 5.41) is 4.04. The van der Waals surface area contributed by atoms with Gasteiger partial charge in [-0.1, -0.05) is 0 Å². The molecular weight excluding hydrogens is 290 g/mol. The predicted molar refractivity (Wildman–Crippen MR) is 81.0 cm³/mol. The maximum Gasteiger partial charge on any atom is 0.265 e. The van der Waals surface area contributed by atoms with E-state index in [-0.39, 0.29) is 10.9 Å². The first-order valence-electron chi connectivity index (χ1n) is 6.72. The number of rotatable bonds is 6. The molecule has 0 spiro atoms. The minimum atomic E-state index is -3.63. The average Bonchev–Trinajstić information content (AvgIpc) is 2.92. The second-order valence-corrected chi connectivity index (χ2v) is 6.50. The molecular formula is C14H19N3O3S. The Morgan fingerprint density at radius 2 is 1.95 bits per heavy atom. The van der Waals surface area contributed by atoms with Crippen molar-refractivity contribution >= 4 is 15.7 Å². The van der Waals surface area contributed by atoms with Crippen molar-refractivity contribution < 1.29 is 13.2 Å². The van der Waals surface area contributed by atoms with Crippen LogP contribution in [0.5, 0.6) is 5.75 Å². The van der Waals surface area contributed by atoms with E-state index in [1.807, 2.05) is 20.8 Å². The van der Waals surface area contributed by atoms with Gasteiger partial charge in [0.1, 0.15) is 10.6 Å². The summed E-state index contributed by atoms with van der Waals surface area (Å²) >= 11 is 0. The second kappa shape index (κ2) is 6.17. The first-order chi connectivity index (χ1) is 9.92. The summed E-state index contributed by atoms with van der Waals surface area (Å²) in [5.74, 6) is 0.702. The molecule has 0 aliphatic carbocycles. The van der Waals surface area contributed by atoms with E-state index >= 15 is 0 Å². The van der Waals surface area contributed by atoms with Crippen LogP contribution in [-0.4, -0.2) is 24.8 Å². The maximum atomic E-state index is 12.3. The molecule has 21 heavy (non-hydrogen) atoms. The van der Waals surface area contributed by atoms with E-state index in [0.717, 1.165) is 0 Å². The van der Waals surface area contributed by atoms with E-state index in [9.17, 15) is 8.42 Å². The largest absolute Gasteiger partial charge is 0.494 e. The van der Waals surface area contributed by atoms with Gasteiger partial charge < -0.3 is 4.74 Å². The highest BCUT2D eigenvalue weighted by atomic mass is 32.2. The van der Waals surface area contributed by atoms with Crippen LogP contribution in [0.3, 0.4) is 0 Å². The highest BCUT2D eigenvalue weighted by Gasteiger charge is 2.17. The fourth-order valence-corrected chi connectivity index (χ4v) is 2.74. The Balaban J connectivity index is 2.16. The highest BCUT2D eigenvalue weighted by Crippen LogP contribution is 2.19. The number of sulfonamides is 1. The van der Waals surface area contributed by atoms with Gasteiger partial charge in [-0.25, -0.2) is 8.42 Å². The van der Waals surface area contributed by atoms with Gasteiger partial charge in [0.25, 0.3) is 10.0 Å². The van der Waals surface area contributed by atoms with Crippen molar-refractivity contribution in [3.8, 4) is 5.75 Å². The van der Waals surface area contributed by atoms with Gasteiger partial charge in [0.15, 0.2) is 0 Å². The molecule has 0 saturated carbocycles. The third-order valence-corrected chi connectivity index (χ3v) is 4.17. The van der Waals surface area contributed by atoms with E-state index in [0.29, 0.717) is 18.0 Å². The van der Waals surface area contributed by atoms with E-state index < -0.39 is 10.0 Å². The molecule has 0 fully saturated rings. The molecule has 1 aromatic heterocycles. The quantitative estimate of drug-likeness (QED) is 0.890. The Labute approximate surface area is 124 Å². The van der Waals surface area contributed by atoms with Crippen molar-refractivity contribution in [2.75, 3.05) is 11.3 Å². The standard InChI is InChI=1S/C14H19N3O3S/c1-4-20-13-7-5-12(6-8-13)16-21(18,19)14-9-15-17(10-14)11(2)3/h5-11,16H,4H2,1-3H3. The zero-order chi connectivity index (χ0) is 15.5. The van der Waals surface area contributed by atoms with Gasteiger partial charge in [0.05, 0.1) is 12.8 Å². The van der Waals surface area contributed by atoms with Crippen LogP contribution in [0.2, 0.25) is 0 Å². The third kappa shape index (κ3) is 3.75. The topological polar surface area (TPSA) is 73.2 Å². The van der Waals surface area contributed by atoms with Crippen LogP contribution in [0.1, 0.15) is 26.8 Å². The lowest BCUT2D eigenvalue weighted by Crippen LogP contribution is -2.12. The normalized spacial score (nSPS) is 11.6. The number of anilines is 1. The molecule has 114 valence electrons. The number of aromatic nitrogens is 2. The van der Waals surface area contributed by atoms with Gasteiger partial charge in [-0.05, 0) is 45.0 Å². The van der Waals surface area contributed by atoms with Crippen molar-refractivity contribution in [2.45, 2.75) is 31.7 Å². The van der Waals surface area contributed by atoms with Crippen molar-refractivity contribution in [3.05, 3.63) is 36.7 Å². The molecule has 0 atom stereocenters. The van der Waals surface area contributed by atoms with Crippen molar-refractivity contribution in [2.24, 2.45) is 0 Å². The van der Waals surface area contributed by atoms with Crippen LogP contribution in [0, 0.1) is 0 Å². The van der Waals surface area contributed by atoms with E-state index in [4.69, 9.17) is 4.74 Å². The lowest BCUT2D eigenvalue weighted by molar-refractivity contribution is 0.340. The fourth-order valence-electron chi connectivity index (χ4n) is 1.74. The molecule has 2 aromatic rings. The minimum absolute atomic E-state index is 0.111. The van der Waals surface area contributed by atoms with Crippen LogP contribution >= 0.6 is 0 Å².